The zero-order valence-corrected chi connectivity index (χ0v) is 13.7. The van der Waals surface area contributed by atoms with Crippen LogP contribution in [0.4, 0.5) is 18.9 Å². The van der Waals surface area contributed by atoms with Gasteiger partial charge in [-0.05, 0) is 36.4 Å². The molecule has 4 aromatic rings. The lowest BCUT2D eigenvalue weighted by atomic mass is 10.1. The van der Waals surface area contributed by atoms with Crippen LogP contribution >= 0.6 is 0 Å². The molecule has 134 valence electrons. The zero-order chi connectivity index (χ0) is 19.0. The van der Waals surface area contributed by atoms with Crippen molar-refractivity contribution in [3.8, 4) is 11.5 Å². The average Bonchev–Trinajstić information content (AvgIpc) is 3.22. The topological polar surface area (TPSA) is 55.1 Å². The van der Waals surface area contributed by atoms with Gasteiger partial charge in [-0.1, -0.05) is 18.2 Å². The van der Waals surface area contributed by atoms with Gasteiger partial charge in [0.2, 0.25) is 0 Å². The van der Waals surface area contributed by atoms with Gasteiger partial charge in [0.25, 0.3) is 5.91 Å². The standard InChI is InChI=1S/C20H11F3N2O2/c21-13-7-8-15(19(23)18(13)22)25-20(26)12-10-16(17-6-3-9-27-17)24-14-5-2-1-4-11(12)14/h1-10H,(H,25,26). The Morgan fingerprint density at radius 3 is 2.56 bits per heavy atom. The lowest BCUT2D eigenvalue weighted by Crippen LogP contribution is -2.15. The minimum Gasteiger partial charge on any atom is -0.463 e. The van der Waals surface area contributed by atoms with Crippen molar-refractivity contribution in [1.82, 2.24) is 4.98 Å². The molecule has 27 heavy (non-hydrogen) atoms. The molecule has 0 aliphatic rings. The second kappa shape index (κ2) is 6.60. The second-order valence-electron chi connectivity index (χ2n) is 5.73. The van der Waals surface area contributed by atoms with E-state index < -0.39 is 29.0 Å². The molecular weight excluding hydrogens is 357 g/mol. The molecule has 0 spiro atoms. The zero-order valence-electron chi connectivity index (χ0n) is 13.7. The molecule has 7 heteroatoms. The van der Waals surface area contributed by atoms with Gasteiger partial charge in [0.15, 0.2) is 23.2 Å². The van der Waals surface area contributed by atoms with E-state index in [4.69, 9.17) is 4.42 Å². The Morgan fingerprint density at radius 2 is 1.78 bits per heavy atom. The molecule has 4 nitrogen and oxygen atoms in total. The van der Waals surface area contributed by atoms with Gasteiger partial charge in [-0.3, -0.25) is 4.79 Å². The molecule has 2 aromatic carbocycles. The Hall–Kier alpha value is -3.61. The number of anilines is 1. The van der Waals surface area contributed by atoms with Crippen molar-refractivity contribution in [2.75, 3.05) is 5.32 Å². The van der Waals surface area contributed by atoms with Gasteiger partial charge in [-0.15, -0.1) is 0 Å². The molecule has 0 aliphatic carbocycles. The van der Waals surface area contributed by atoms with Gasteiger partial charge in [-0.2, -0.15) is 0 Å². The molecule has 2 aromatic heterocycles. The number of furan rings is 1. The van der Waals surface area contributed by atoms with Crippen LogP contribution < -0.4 is 5.32 Å². The van der Waals surface area contributed by atoms with E-state index in [9.17, 15) is 18.0 Å². The van der Waals surface area contributed by atoms with Crippen LogP contribution in [-0.2, 0) is 0 Å². The van der Waals surface area contributed by atoms with Crippen LogP contribution in [0.25, 0.3) is 22.4 Å². The third kappa shape index (κ3) is 3.03. The number of aromatic nitrogens is 1. The third-order valence-corrected chi connectivity index (χ3v) is 4.02. The molecule has 0 unspecified atom stereocenters. The lowest BCUT2D eigenvalue weighted by Gasteiger charge is -2.11. The molecular formula is C20H11F3N2O2. The number of hydrogen-bond acceptors (Lipinski definition) is 3. The molecule has 0 saturated heterocycles. The maximum atomic E-state index is 13.9. The van der Waals surface area contributed by atoms with Crippen LogP contribution in [0.1, 0.15) is 10.4 Å². The molecule has 0 bridgehead atoms. The van der Waals surface area contributed by atoms with Crippen LogP contribution in [0.5, 0.6) is 0 Å². The normalized spacial score (nSPS) is 10.9. The molecule has 1 N–H and O–H groups in total. The first-order valence-electron chi connectivity index (χ1n) is 7.93. The van der Waals surface area contributed by atoms with Crippen LogP contribution in [-0.4, -0.2) is 10.9 Å². The first-order chi connectivity index (χ1) is 13.0. The second-order valence-corrected chi connectivity index (χ2v) is 5.73. The maximum Gasteiger partial charge on any atom is 0.256 e. The van der Waals surface area contributed by atoms with Crippen molar-refractivity contribution in [3.63, 3.8) is 0 Å². The van der Waals surface area contributed by atoms with Crippen LogP contribution in [0.3, 0.4) is 0 Å². The summed E-state index contributed by atoms with van der Waals surface area (Å²) in [7, 11) is 0. The Balaban J connectivity index is 1.80. The van der Waals surface area contributed by atoms with Crippen molar-refractivity contribution in [1.29, 1.82) is 0 Å². The highest BCUT2D eigenvalue weighted by Gasteiger charge is 2.19. The number of carbonyl (C=O) groups excluding carboxylic acids is 1. The van der Waals surface area contributed by atoms with E-state index in [0.29, 0.717) is 22.4 Å². The van der Waals surface area contributed by atoms with Crippen molar-refractivity contribution in [3.05, 3.63) is 83.9 Å². The number of carbonyl (C=O) groups is 1. The molecule has 4 rings (SSSR count). The quantitative estimate of drug-likeness (QED) is 0.508. The summed E-state index contributed by atoms with van der Waals surface area (Å²) in [6, 6.07) is 13.5. The Labute approximate surface area is 151 Å². The summed E-state index contributed by atoms with van der Waals surface area (Å²) < 4.78 is 45.7. The molecule has 0 aliphatic heterocycles. The highest BCUT2D eigenvalue weighted by molar-refractivity contribution is 6.13. The minimum atomic E-state index is -1.65. The van der Waals surface area contributed by atoms with Crippen molar-refractivity contribution < 1.29 is 22.4 Å². The van der Waals surface area contributed by atoms with Crippen LogP contribution in [0.2, 0.25) is 0 Å². The highest BCUT2D eigenvalue weighted by atomic mass is 19.2. The third-order valence-electron chi connectivity index (χ3n) is 4.02. The number of para-hydroxylation sites is 1. The average molecular weight is 368 g/mol. The number of halogens is 3. The Kier molecular flexibility index (Phi) is 4.12. The minimum absolute atomic E-state index is 0.191. The number of hydrogen-bond donors (Lipinski definition) is 1. The fraction of sp³-hybridized carbons (Fsp3) is 0. The van der Waals surface area contributed by atoms with Gasteiger partial charge < -0.3 is 9.73 Å². The Morgan fingerprint density at radius 1 is 0.963 bits per heavy atom. The lowest BCUT2D eigenvalue weighted by molar-refractivity contribution is 0.102. The van der Waals surface area contributed by atoms with E-state index in [0.717, 1.165) is 12.1 Å². The van der Waals surface area contributed by atoms with Crippen molar-refractivity contribution in [2.24, 2.45) is 0 Å². The summed E-state index contributed by atoms with van der Waals surface area (Å²) in [5.74, 6) is -4.68. The number of benzene rings is 2. The summed E-state index contributed by atoms with van der Waals surface area (Å²) in [4.78, 5) is 17.2. The molecule has 0 atom stereocenters. The van der Waals surface area contributed by atoms with Gasteiger partial charge in [0.1, 0.15) is 5.69 Å². The van der Waals surface area contributed by atoms with E-state index in [1.807, 2.05) is 0 Å². The number of nitrogens with one attached hydrogen (secondary N) is 1. The van der Waals surface area contributed by atoms with Gasteiger partial charge >= 0.3 is 0 Å². The number of pyridine rings is 1. The first kappa shape index (κ1) is 16.8. The van der Waals surface area contributed by atoms with Gasteiger partial charge in [0.05, 0.1) is 23.0 Å². The van der Waals surface area contributed by atoms with E-state index in [2.05, 4.69) is 10.3 Å². The van der Waals surface area contributed by atoms with E-state index in [-0.39, 0.29) is 5.56 Å². The summed E-state index contributed by atoms with van der Waals surface area (Å²) in [5.41, 5.74) is 0.674. The van der Waals surface area contributed by atoms with E-state index in [1.54, 1.807) is 36.4 Å². The fourth-order valence-corrected chi connectivity index (χ4v) is 2.73. The first-order valence-corrected chi connectivity index (χ1v) is 7.93. The smallest absolute Gasteiger partial charge is 0.256 e. The van der Waals surface area contributed by atoms with Crippen LogP contribution in [0, 0.1) is 17.5 Å². The summed E-state index contributed by atoms with van der Waals surface area (Å²) in [5, 5.41) is 2.80. The highest BCUT2D eigenvalue weighted by Crippen LogP contribution is 2.27. The Bertz CT molecular complexity index is 1160. The van der Waals surface area contributed by atoms with Gasteiger partial charge in [-0.25, -0.2) is 18.2 Å². The van der Waals surface area contributed by atoms with Crippen molar-refractivity contribution in [2.45, 2.75) is 0 Å². The molecule has 0 fully saturated rings. The predicted octanol–water partition coefficient (Wildman–Crippen LogP) is 5.16. The number of nitrogens with zero attached hydrogens (tertiary/aromatic N) is 1. The molecule has 0 radical (unpaired) electrons. The fourth-order valence-electron chi connectivity index (χ4n) is 2.73. The summed E-state index contributed by atoms with van der Waals surface area (Å²) in [6.45, 7) is 0. The number of fused-ring (bicyclic) bond motifs is 1. The molecule has 0 saturated carbocycles. The monoisotopic (exact) mass is 368 g/mol. The summed E-state index contributed by atoms with van der Waals surface area (Å²) >= 11 is 0. The van der Waals surface area contributed by atoms with E-state index in [1.165, 1.54) is 12.3 Å². The van der Waals surface area contributed by atoms with Gasteiger partial charge in [0, 0.05) is 5.39 Å². The largest absolute Gasteiger partial charge is 0.463 e. The maximum absolute atomic E-state index is 13.9. The molecule has 1 amide bonds. The predicted molar refractivity (Wildman–Crippen MR) is 93.7 cm³/mol. The van der Waals surface area contributed by atoms with E-state index >= 15 is 0 Å². The SMILES string of the molecule is O=C(Nc1ccc(F)c(F)c1F)c1cc(-c2ccco2)nc2ccccc12. The summed E-state index contributed by atoms with van der Waals surface area (Å²) in [6.07, 6.45) is 1.47. The van der Waals surface area contributed by atoms with Crippen molar-refractivity contribution >= 4 is 22.5 Å². The number of amides is 1. The molecule has 2 heterocycles. The number of rotatable bonds is 3. The van der Waals surface area contributed by atoms with Crippen LogP contribution in [0.15, 0.2) is 65.3 Å².